The summed E-state index contributed by atoms with van der Waals surface area (Å²) in [4.78, 5) is 2.70. The molecule has 2 atom stereocenters. The van der Waals surface area contributed by atoms with Crippen molar-refractivity contribution in [3.8, 4) is 0 Å². The fourth-order valence-corrected chi connectivity index (χ4v) is 3.07. The van der Waals surface area contributed by atoms with Gasteiger partial charge in [0.1, 0.15) is 0 Å². The van der Waals surface area contributed by atoms with E-state index in [9.17, 15) is 0 Å². The molecule has 16 heavy (non-hydrogen) atoms. The molecule has 2 unspecified atom stereocenters. The van der Waals surface area contributed by atoms with E-state index < -0.39 is 0 Å². The van der Waals surface area contributed by atoms with Gasteiger partial charge in [0.05, 0.1) is 0 Å². The maximum atomic E-state index is 5.97. The van der Waals surface area contributed by atoms with Gasteiger partial charge >= 0.3 is 0 Å². The van der Waals surface area contributed by atoms with Gasteiger partial charge in [-0.2, -0.15) is 0 Å². The molecule has 2 heteroatoms. The number of hydrogen-bond acceptors (Lipinski definition) is 2. The van der Waals surface area contributed by atoms with Gasteiger partial charge in [-0.1, -0.05) is 33.6 Å². The van der Waals surface area contributed by atoms with Crippen LogP contribution in [0.15, 0.2) is 0 Å². The fourth-order valence-electron chi connectivity index (χ4n) is 3.07. The second-order valence-corrected chi connectivity index (χ2v) is 5.79. The van der Waals surface area contributed by atoms with Crippen LogP contribution in [0.3, 0.4) is 0 Å². The third-order valence-corrected chi connectivity index (χ3v) is 4.15. The number of nitrogens with two attached hydrogens (primary N) is 1. The summed E-state index contributed by atoms with van der Waals surface area (Å²) in [6.45, 7) is 10.3. The first-order chi connectivity index (χ1) is 7.65. The molecule has 0 amide bonds. The van der Waals surface area contributed by atoms with Crippen molar-refractivity contribution >= 4 is 0 Å². The minimum absolute atomic E-state index is 0.333. The number of piperidine rings is 1. The van der Waals surface area contributed by atoms with E-state index in [0.717, 1.165) is 12.6 Å². The summed E-state index contributed by atoms with van der Waals surface area (Å²) in [6.07, 6.45) is 8.00. The van der Waals surface area contributed by atoms with E-state index in [2.05, 4.69) is 25.7 Å². The van der Waals surface area contributed by atoms with Crippen molar-refractivity contribution in [2.24, 2.45) is 11.1 Å². The molecule has 1 aliphatic rings. The van der Waals surface area contributed by atoms with E-state index in [4.69, 9.17) is 5.73 Å². The van der Waals surface area contributed by atoms with Crippen LogP contribution in [-0.4, -0.2) is 30.6 Å². The van der Waals surface area contributed by atoms with Crippen LogP contribution in [-0.2, 0) is 0 Å². The van der Waals surface area contributed by atoms with Gasteiger partial charge in [-0.05, 0) is 44.2 Å². The minimum Gasteiger partial charge on any atom is -0.330 e. The molecule has 0 aromatic carbocycles. The van der Waals surface area contributed by atoms with Crippen LogP contribution < -0.4 is 5.73 Å². The van der Waals surface area contributed by atoms with E-state index in [0.29, 0.717) is 5.41 Å². The Bertz CT molecular complexity index is 193. The molecule has 1 heterocycles. The van der Waals surface area contributed by atoms with Gasteiger partial charge in [0.25, 0.3) is 0 Å². The Morgan fingerprint density at radius 2 is 2.06 bits per heavy atom. The second kappa shape index (κ2) is 6.61. The molecule has 0 aromatic rings. The van der Waals surface area contributed by atoms with Gasteiger partial charge in [-0.3, -0.25) is 4.90 Å². The van der Waals surface area contributed by atoms with Crippen LogP contribution >= 0.6 is 0 Å². The Kier molecular flexibility index (Phi) is 5.77. The topological polar surface area (TPSA) is 29.3 Å². The first-order valence-electron chi connectivity index (χ1n) is 7.09. The van der Waals surface area contributed by atoms with E-state index in [1.807, 2.05) is 0 Å². The monoisotopic (exact) mass is 226 g/mol. The molecule has 96 valence electrons. The van der Waals surface area contributed by atoms with Gasteiger partial charge in [-0.25, -0.2) is 0 Å². The molecule has 2 nitrogen and oxygen atoms in total. The van der Waals surface area contributed by atoms with Crippen LogP contribution in [0.25, 0.3) is 0 Å². The van der Waals surface area contributed by atoms with Crippen LogP contribution in [0.1, 0.15) is 59.3 Å². The van der Waals surface area contributed by atoms with Crippen LogP contribution in [0.2, 0.25) is 0 Å². The summed E-state index contributed by atoms with van der Waals surface area (Å²) in [7, 11) is 0. The Balaban J connectivity index is 2.54. The molecule has 0 bridgehead atoms. The van der Waals surface area contributed by atoms with Crippen molar-refractivity contribution in [3.05, 3.63) is 0 Å². The van der Waals surface area contributed by atoms with Crippen molar-refractivity contribution in [2.45, 2.75) is 65.3 Å². The van der Waals surface area contributed by atoms with Crippen LogP contribution in [0, 0.1) is 5.41 Å². The van der Waals surface area contributed by atoms with E-state index in [-0.39, 0.29) is 0 Å². The van der Waals surface area contributed by atoms with Crippen molar-refractivity contribution in [2.75, 3.05) is 19.6 Å². The van der Waals surface area contributed by atoms with Crippen LogP contribution in [0.5, 0.6) is 0 Å². The predicted octanol–water partition coefficient (Wildman–Crippen LogP) is 3.02. The molecule has 1 fully saturated rings. The largest absolute Gasteiger partial charge is 0.330 e. The minimum atomic E-state index is 0.333. The maximum absolute atomic E-state index is 5.97. The third kappa shape index (κ3) is 3.74. The van der Waals surface area contributed by atoms with E-state index >= 15 is 0 Å². The standard InChI is InChI=1S/C14H30N2/c1-4-9-14(3,11-15)12-16-10-7-6-8-13(16)5-2/h13H,4-12,15H2,1-3H3. The Labute approximate surface area is 102 Å². The predicted molar refractivity (Wildman–Crippen MR) is 71.6 cm³/mol. The van der Waals surface area contributed by atoms with Crippen molar-refractivity contribution < 1.29 is 0 Å². The number of nitrogens with zero attached hydrogens (tertiary/aromatic N) is 1. The molecule has 0 aliphatic carbocycles. The second-order valence-electron chi connectivity index (χ2n) is 5.79. The highest BCUT2D eigenvalue weighted by Gasteiger charge is 2.29. The number of rotatable bonds is 6. The average molecular weight is 226 g/mol. The summed E-state index contributed by atoms with van der Waals surface area (Å²) < 4.78 is 0. The van der Waals surface area contributed by atoms with E-state index in [1.165, 1.54) is 51.6 Å². The highest BCUT2D eigenvalue weighted by atomic mass is 15.2. The molecule has 0 radical (unpaired) electrons. The summed E-state index contributed by atoms with van der Waals surface area (Å²) in [5.74, 6) is 0. The molecule has 0 saturated carbocycles. The molecule has 1 rings (SSSR count). The lowest BCUT2D eigenvalue weighted by atomic mass is 9.83. The van der Waals surface area contributed by atoms with Crippen LogP contribution in [0.4, 0.5) is 0 Å². The smallest absolute Gasteiger partial charge is 0.00928 e. The molecule has 0 spiro atoms. The van der Waals surface area contributed by atoms with Gasteiger partial charge < -0.3 is 5.73 Å². The Morgan fingerprint density at radius 1 is 1.31 bits per heavy atom. The number of likely N-dealkylation sites (tertiary alicyclic amines) is 1. The van der Waals surface area contributed by atoms with Gasteiger partial charge in [0.2, 0.25) is 0 Å². The molecule has 0 aromatic heterocycles. The fraction of sp³-hybridized carbons (Fsp3) is 1.00. The molecular formula is C14H30N2. The summed E-state index contributed by atoms with van der Waals surface area (Å²) in [5, 5.41) is 0. The first-order valence-corrected chi connectivity index (χ1v) is 7.09. The SMILES string of the molecule is CCCC(C)(CN)CN1CCCCC1CC. The number of hydrogen-bond donors (Lipinski definition) is 1. The highest BCUT2D eigenvalue weighted by molar-refractivity contribution is 4.84. The quantitative estimate of drug-likeness (QED) is 0.754. The molecule has 2 N–H and O–H groups in total. The Morgan fingerprint density at radius 3 is 2.62 bits per heavy atom. The molecule has 1 saturated heterocycles. The normalized spacial score (nSPS) is 26.6. The van der Waals surface area contributed by atoms with Gasteiger partial charge in [0, 0.05) is 12.6 Å². The third-order valence-electron chi connectivity index (χ3n) is 4.15. The van der Waals surface area contributed by atoms with Crippen molar-refractivity contribution in [3.63, 3.8) is 0 Å². The van der Waals surface area contributed by atoms with Crippen molar-refractivity contribution in [1.82, 2.24) is 4.90 Å². The highest BCUT2D eigenvalue weighted by Crippen LogP contribution is 2.28. The zero-order valence-corrected chi connectivity index (χ0v) is 11.5. The summed E-state index contributed by atoms with van der Waals surface area (Å²) in [5.41, 5.74) is 6.30. The lowest BCUT2D eigenvalue weighted by molar-refractivity contribution is 0.0842. The summed E-state index contributed by atoms with van der Waals surface area (Å²) in [6, 6.07) is 0.816. The van der Waals surface area contributed by atoms with E-state index in [1.54, 1.807) is 0 Å². The molecule has 1 aliphatic heterocycles. The maximum Gasteiger partial charge on any atom is 0.00928 e. The average Bonchev–Trinajstić information content (AvgIpc) is 2.30. The summed E-state index contributed by atoms with van der Waals surface area (Å²) >= 11 is 0. The molecular weight excluding hydrogens is 196 g/mol. The van der Waals surface area contributed by atoms with Gasteiger partial charge in [-0.15, -0.1) is 0 Å². The first kappa shape index (κ1) is 14.0. The zero-order valence-electron chi connectivity index (χ0n) is 11.5. The van der Waals surface area contributed by atoms with Gasteiger partial charge in [0.15, 0.2) is 0 Å². The lowest BCUT2D eigenvalue weighted by Crippen LogP contribution is -2.47. The lowest BCUT2D eigenvalue weighted by Gasteiger charge is -2.41. The Hall–Kier alpha value is -0.0800. The zero-order chi connectivity index (χ0) is 12.0. The van der Waals surface area contributed by atoms with Crippen molar-refractivity contribution in [1.29, 1.82) is 0 Å².